The van der Waals surface area contributed by atoms with E-state index in [1.807, 2.05) is 0 Å². The third-order valence-electron chi connectivity index (χ3n) is 1.84. The van der Waals surface area contributed by atoms with Gasteiger partial charge < -0.3 is 11.1 Å². The third kappa shape index (κ3) is 4.68. The zero-order chi connectivity index (χ0) is 15.0. The van der Waals surface area contributed by atoms with Gasteiger partial charge in [-0.1, -0.05) is 0 Å². The van der Waals surface area contributed by atoms with E-state index in [1.165, 1.54) is 26.0 Å². The molecule has 0 fully saturated rings. The van der Waals surface area contributed by atoms with Crippen LogP contribution in [0, 0.1) is 6.92 Å². The lowest BCUT2D eigenvalue weighted by Crippen LogP contribution is -2.20. The molecular formula is C10H12N8O2. The van der Waals surface area contributed by atoms with Gasteiger partial charge in [0.25, 0.3) is 11.8 Å². The average Bonchev–Trinajstić information content (AvgIpc) is 2.48. The van der Waals surface area contributed by atoms with Crippen molar-refractivity contribution in [2.45, 2.75) is 6.92 Å². The monoisotopic (exact) mass is 276 g/mol. The minimum atomic E-state index is -0.634. The minimum absolute atomic E-state index is 0.00694. The number of nitrogens with two attached hydrogens (primary N) is 1. The summed E-state index contributed by atoms with van der Waals surface area (Å²) in [6, 6.07) is 0. The second-order valence-electron chi connectivity index (χ2n) is 3.26. The van der Waals surface area contributed by atoms with E-state index >= 15 is 0 Å². The van der Waals surface area contributed by atoms with Crippen molar-refractivity contribution >= 4 is 11.8 Å². The summed E-state index contributed by atoms with van der Waals surface area (Å²) < 4.78 is 0. The topological polar surface area (TPSA) is 150 Å². The van der Waals surface area contributed by atoms with Gasteiger partial charge in [-0.15, -0.1) is 0 Å². The summed E-state index contributed by atoms with van der Waals surface area (Å²) in [4.78, 5) is 42.9. The lowest BCUT2D eigenvalue weighted by Gasteiger charge is -1.93. The molecule has 2 heterocycles. The first kappa shape index (κ1) is 15.0. The molecule has 0 saturated carbocycles. The zero-order valence-electron chi connectivity index (χ0n) is 10.8. The molecule has 0 aliphatic rings. The zero-order valence-corrected chi connectivity index (χ0v) is 10.8. The number of rotatable bonds is 2. The van der Waals surface area contributed by atoms with Crippen LogP contribution in [0.5, 0.6) is 0 Å². The number of amides is 2. The van der Waals surface area contributed by atoms with Crippen LogP contribution in [0.4, 0.5) is 0 Å². The molecule has 2 rings (SSSR count). The Morgan fingerprint density at radius 3 is 2.10 bits per heavy atom. The molecule has 0 atom stereocenters. The second-order valence-corrected chi connectivity index (χ2v) is 3.26. The largest absolute Gasteiger partial charge is 0.363 e. The highest BCUT2D eigenvalue weighted by molar-refractivity contribution is 5.89. The molecule has 2 aromatic rings. The van der Waals surface area contributed by atoms with E-state index in [0.717, 1.165) is 0 Å². The van der Waals surface area contributed by atoms with Crippen LogP contribution in [-0.2, 0) is 0 Å². The molecule has 0 bridgehead atoms. The molecule has 20 heavy (non-hydrogen) atoms. The van der Waals surface area contributed by atoms with Crippen molar-refractivity contribution in [3.63, 3.8) is 0 Å². The molecule has 0 spiro atoms. The van der Waals surface area contributed by atoms with E-state index in [2.05, 4.69) is 35.2 Å². The fraction of sp³-hybridized carbons (Fsp3) is 0.200. The number of nitrogens with one attached hydrogen (secondary N) is 1. The molecule has 0 aromatic carbocycles. The van der Waals surface area contributed by atoms with Crippen LogP contribution < -0.4 is 11.1 Å². The Balaban J connectivity index is 0.000000200. The first-order chi connectivity index (χ1) is 9.54. The van der Waals surface area contributed by atoms with Crippen molar-refractivity contribution in [2.24, 2.45) is 5.73 Å². The van der Waals surface area contributed by atoms with E-state index in [0.29, 0.717) is 5.82 Å². The summed E-state index contributed by atoms with van der Waals surface area (Å²) in [6.07, 6.45) is 3.80. The normalized spacial score (nSPS) is 9.10. The standard InChI is InChI=1S/2C5H6N4O/c1-6-5(10)4-8-2-7-3-9-4;1-3-7-2-8-5(9-3)4(6)10/h2-3H,1H3,(H,6,10);2H,1H3,(H2,6,10). The highest BCUT2D eigenvalue weighted by Gasteiger charge is 2.03. The van der Waals surface area contributed by atoms with Gasteiger partial charge in [0.05, 0.1) is 0 Å². The van der Waals surface area contributed by atoms with Crippen molar-refractivity contribution < 1.29 is 9.59 Å². The van der Waals surface area contributed by atoms with Crippen molar-refractivity contribution in [1.29, 1.82) is 0 Å². The smallest absolute Gasteiger partial charge is 0.288 e. The predicted molar refractivity (Wildman–Crippen MR) is 66.3 cm³/mol. The molecule has 10 nitrogen and oxygen atoms in total. The molecule has 0 aliphatic heterocycles. The molecule has 104 valence electrons. The van der Waals surface area contributed by atoms with E-state index in [4.69, 9.17) is 5.73 Å². The molecule has 2 amide bonds. The summed E-state index contributed by atoms with van der Waals surface area (Å²) in [5, 5.41) is 2.39. The number of aromatic nitrogens is 6. The lowest BCUT2D eigenvalue weighted by atomic mass is 10.5. The summed E-state index contributed by atoms with van der Waals surface area (Å²) in [6.45, 7) is 1.66. The van der Waals surface area contributed by atoms with Gasteiger partial charge in [0.1, 0.15) is 24.8 Å². The Morgan fingerprint density at radius 1 is 1.05 bits per heavy atom. The highest BCUT2D eigenvalue weighted by atomic mass is 16.2. The van der Waals surface area contributed by atoms with Crippen molar-refractivity contribution in [2.75, 3.05) is 7.05 Å². The number of carbonyl (C=O) groups is 2. The molecular weight excluding hydrogens is 264 g/mol. The van der Waals surface area contributed by atoms with Gasteiger partial charge in [-0.2, -0.15) is 0 Å². The van der Waals surface area contributed by atoms with Crippen LogP contribution in [0.25, 0.3) is 0 Å². The summed E-state index contributed by atoms with van der Waals surface area (Å²) in [5.41, 5.74) is 4.89. The molecule has 0 saturated heterocycles. The molecule has 2 aromatic heterocycles. The molecule has 10 heteroatoms. The van der Waals surface area contributed by atoms with Crippen molar-refractivity contribution in [1.82, 2.24) is 35.2 Å². The van der Waals surface area contributed by atoms with Gasteiger partial charge in [0.15, 0.2) is 0 Å². The van der Waals surface area contributed by atoms with E-state index in [1.54, 1.807) is 6.92 Å². The first-order valence-electron chi connectivity index (χ1n) is 5.34. The second kappa shape index (κ2) is 7.41. The average molecular weight is 276 g/mol. The van der Waals surface area contributed by atoms with Gasteiger partial charge in [0, 0.05) is 7.05 Å². The number of aryl methyl sites for hydroxylation is 1. The molecule has 0 aliphatic carbocycles. The molecule has 0 unspecified atom stereocenters. The lowest BCUT2D eigenvalue weighted by molar-refractivity contribution is 0.0951. The van der Waals surface area contributed by atoms with Crippen LogP contribution in [0.1, 0.15) is 27.1 Å². The van der Waals surface area contributed by atoms with Crippen LogP contribution in [0.3, 0.4) is 0 Å². The summed E-state index contributed by atoms with van der Waals surface area (Å²) in [5.74, 6) is -0.304. The summed E-state index contributed by atoms with van der Waals surface area (Å²) in [7, 11) is 1.52. The quantitative estimate of drug-likeness (QED) is 0.673. The summed E-state index contributed by atoms with van der Waals surface area (Å²) >= 11 is 0. The van der Waals surface area contributed by atoms with E-state index in [-0.39, 0.29) is 17.6 Å². The van der Waals surface area contributed by atoms with Crippen LogP contribution in [0.2, 0.25) is 0 Å². The van der Waals surface area contributed by atoms with Gasteiger partial charge in [-0.05, 0) is 6.92 Å². The van der Waals surface area contributed by atoms with Gasteiger partial charge >= 0.3 is 0 Å². The van der Waals surface area contributed by atoms with Crippen LogP contribution in [0.15, 0.2) is 19.0 Å². The Hall–Kier alpha value is -3.04. The highest BCUT2D eigenvalue weighted by Crippen LogP contribution is 1.86. The SMILES string of the molecule is CNC(=O)c1ncncn1.Cc1ncnc(C(N)=O)n1. The predicted octanol–water partition coefficient (Wildman–Crippen LogP) is -1.49. The molecule has 0 radical (unpaired) electrons. The Kier molecular flexibility index (Phi) is 5.56. The third-order valence-corrected chi connectivity index (χ3v) is 1.84. The number of hydrogen-bond acceptors (Lipinski definition) is 8. The van der Waals surface area contributed by atoms with E-state index in [9.17, 15) is 9.59 Å². The van der Waals surface area contributed by atoms with Gasteiger partial charge in [0.2, 0.25) is 11.6 Å². The van der Waals surface area contributed by atoms with Gasteiger partial charge in [-0.25, -0.2) is 29.9 Å². The molecule has 3 N–H and O–H groups in total. The number of carbonyl (C=O) groups excluding carboxylic acids is 2. The number of nitrogens with zero attached hydrogens (tertiary/aromatic N) is 6. The Labute approximate surface area is 113 Å². The number of hydrogen-bond donors (Lipinski definition) is 2. The number of primary amides is 1. The van der Waals surface area contributed by atoms with Crippen LogP contribution in [-0.4, -0.2) is 48.8 Å². The first-order valence-corrected chi connectivity index (χ1v) is 5.34. The minimum Gasteiger partial charge on any atom is -0.363 e. The van der Waals surface area contributed by atoms with Crippen molar-refractivity contribution in [3.05, 3.63) is 36.5 Å². The fourth-order valence-corrected chi connectivity index (χ4v) is 0.965. The van der Waals surface area contributed by atoms with Crippen LogP contribution >= 0.6 is 0 Å². The maximum Gasteiger partial charge on any atom is 0.288 e. The Bertz CT molecular complexity index is 589. The van der Waals surface area contributed by atoms with Crippen molar-refractivity contribution in [3.8, 4) is 0 Å². The van der Waals surface area contributed by atoms with Gasteiger partial charge in [-0.3, -0.25) is 9.59 Å². The maximum absolute atomic E-state index is 10.7. The fourth-order valence-electron chi connectivity index (χ4n) is 0.965. The Morgan fingerprint density at radius 2 is 1.65 bits per heavy atom. The maximum atomic E-state index is 10.7. The van der Waals surface area contributed by atoms with E-state index < -0.39 is 5.91 Å².